The van der Waals surface area contributed by atoms with Crippen molar-refractivity contribution < 1.29 is 9.13 Å². The molecular weight excluding hydrogens is 740 g/mol. The zero-order valence-corrected chi connectivity index (χ0v) is 36.1. The highest BCUT2D eigenvalue weighted by molar-refractivity contribution is 6.10. The highest BCUT2D eigenvalue weighted by Gasteiger charge is 2.31. The van der Waals surface area contributed by atoms with Crippen LogP contribution in [0.1, 0.15) is 79.0 Å². The SMILES string of the molecule is CC(C)(C)c1cccc(N2CN(c3cccc(Oc4ccc5c6cc(-c7ccc(F)cc7)ccc6n(-c6cc(C(C)(C)C)ccn6)c5c4)c3)c3cc(C(C)(C)C)ccc32)c1. The van der Waals surface area contributed by atoms with Crippen LogP contribution in [0.3, 0.4) is 0 Å². The molecule has 302 valence electrons. The van der Waals surface area contributed by atoms with Gasteiger partial charge in [0.1, 0.15) is 29.8 Å². The average molecular weight is 793 g/mol. The van der Waals surface area contributed by atoms with E-state index in [4.69, 9.17) is 9.72 Å². The van der Waals surface area contributed by atoms with Crippen LogP contribution in [0.15, 0.2) is 146 Å². The molecule has 0 amide bonds. The van der Waals surface area contributed by atoms with E-state index >= 15 is 0 Å². The van der Waals surface area contributed by atoms with Crippen LogP contribution in [-0.2, 0) is 16.2 Å². The Labute approximate surface area is 353 Å². The van der Waals surface area contributed by atoms with E-state index in [-0.39, 0.29) is 22.1 Å². The smallest absolute Gasteiger partial charge is 0.137 e. The van der Waals surface area contributed by atoms with Gasteiger partial charge in [0.15, 0.2) is 0 Å². The number of hydrogen-bond acceptors (Lipinski definition) is 4. The fraction of sp³-hybridized carbons (Fsp3) is 0.241. The van der Waals surface area contributed by atoms with Gasteiger partial charge in [-0.05, 0) is 129 Å². The minimum atomic E-state index is -0.247. The Morgan fingerprint density at radius 3 is 1.87 bits per heavy atom. The lowest BCUT2D eigenvalue weighted by atomic mass is 9.86. The fourth-order valence-corrected chi connectivity index (χ4v) is 8.30. The van der Waals surface area contributed by atoms with Crippen molar-refractivity contribution in [3.05, 3.63) is 168 Å². The molecule has 1 aliphatic rings. The van der Waals surface area contributed by atoms with Gasteiger partial charge in [0.2, 0.25) is 0 Å². The maximum absolute atomic E-state index is 13.9. The first-order chi connectivity index (χ1) is 28.5. The summed E-state index contributed by atoms with van der Waals surface area (Å²) < 4.78 is 22.9. The molecule has 0 atom stereocenters. The molecule has 0 N–H and O–H groups in total. The summed E-state index contributed by atoms with van der Waals surface area (Å²) in [5, 5.41) is 2.17. The average Bonchev–Trinajstić information content (AvgIpc) is 3.76. The molecule has 6 heteroatoms. The van der Waals surface area contributed by atoms with Crippen LogP contribution < -0.4 is 14.5 Å². The van der Waals surface area contributed by atoms with Gasteiger partial charge < -0.3 is 14.5 Å². The molecule has 8 aromatic rings. The van der Waals surface area contributed by atoms with Crippen molar-refractivity contribution in [2.75, 3.05) is 16.5 Å². The first-order valence-electron chi connectivity index (χ1n) is 20.9. The molecule has 3 heterocycles. The number of ether oxygens (including phenoxy) is 1. The molecule has 60 heavy (non-hydrogen) atoms. The summed E-state index contributed by atoms with van der Waals surface area (Å²) in [4.78, 5) is 9.73. The summed E-state index contributed by atoms with van der Waals surface area (Å²) in [6, 6.07) is 48.0. The monoisotopic (exact) mass is 792 g/mol. The topological polar surface area (TPSA) is 33.5 Å². The number of rotatable bonds is 6. The molecule has 0 aliphatic carbocycles. The second kappa shape index (κ2) is 14.4. The number of benzene rings is 6. The molecule has 2 aromatic heterocycles. The number of anilines is 4. The van der Waals surface area contributed by atoms with Crippen LogP contribution in [0.25, 0.3) is 38.8 Å². The van der Waals surface area contributed by atoms with Crippen LogP contribution in [-0.4, -0.2) is 16.2 Å². The molecule has 9 rings (SSSR count). The van der Waals surface area contributed by atoms with E-state index in [1.165, 1.54) is 45.9 Å². The van der Waals surface area contributed by atoms with Crippen molar-refractivity contribution in [3.8, 4) is 28.4 Å². The lowest BCUT2D eigenvalue weighted by Crippen LogP contribution is -2.24. The molecule has 0 spiro atoms. The molecule has 1 aliphatic heterocycles. The summed E-state index contributed by atoms with van der Waals surface area (Å²) in [5.41, 5.74) is 12.4. The van der Waals surface area contributed by atoms with Crippen LogP contribution in [0, 0.1) is 5.82 Å². The third kappa shape index (κ3) is 7.29. The minimum absolute atomic E-state index is 0.00154. The van der Waals surface area contributed by atoms with Crippen molar-refractivity contribution in [2.45, 2.75) is 78.6 Å². The molecule has 5 nitrogen and oxygen atoms in total. The van der Waals surface area contributed by atoms with Crippen LogP contribution in [0.5, 0.6) is 11.5 Å². The van der Waals surface area contributed by atoms with Crippen molar-refractivity contribution in [1.29, 1.82) is 0 Å². The van der Waals surface area contributed by atoms with E-state index in [2.05, 4.69) is 180 Å². The zero-order valence-electron chi connectivity index (χ0n) is 36.1. The standard InChI is InChI=1S/C54H53FN4O/c1-52(2,3)37-12-10-13-41(29-37)57-34-58(50-30-38(53(4,5)6)19-25-48(50)57)42-14-11-15-43(32-42)60-44-22-23-45-46-28-36(35-16-20-40(55)21-17-35)18-24-47(46)59(49(45)33-44)51-31-39(26-27-56-51)54(7,8)9/h10-33H,34H2,1-9H3. The number of aromatic nitrogens is 2. The first kappa shape index (κ1) is 39.1. The van der Waals surface area contributed by atoms with E-state index in [1.54, 1.807) is 0 Å². The summed E-state index contributed by atoms with van der Waals surface area (Å²) in [6.07, 6.45) is 1.90. The van der Waals surface area contributed by atoms with Crippen LogP contribution >= 0.6 is 0 Å². The summed E-state index contributed by atoms with van der Waals surface area (Å²) in [6.45, 7) is 20.9. The van der Waals surface area contributed by atoms with Gasteiger partial charge in [-0.15, -0.1) is 0 Å². The molecule has 0 bridgehead atoms. The van der Waals surface area contributed by atoms with Crippen molar-refractivity contribution in [1.82, 2.24) is 9.55 Å². The number of pyridine rings is 1. The fourth-order valence-electron chi connectivity index (χ4n) is 8.30. The van der Waals surface area contributed by atoms with Gasteiger partial charge in [-0.2, -0.15) is 0 Å². The van der Waals surface area contributed by atoms with Crippen molar-refractivity contribution in [3.63, 3.8) is 0 Å². The van der Waals surface area contributed by atoms with Crippen LogP contribution in [0.4, 0.5) is 27.1 Å². The number of halogens is 1. The van der Waals surface area contributed by atoms with Crippen LogP contribution in [0.2, 0.25) is 0 Å². The molecule has 0 fully saturated rings. The number of fused-ring (bicyclic) bond motifs is 4. The van der Waals surface area contributed by atoms with E-state index in [9.17, 15) is 4.39 Å². The molecule has 0 unspecified atom stereocenters. The Hall–Kier alpha value is -6.40. The largest absolute Gasteiger partial charge is 0.457 e. The lowest BCUT2D eigenvalue weighted by Gasteiger charge is -2.25. The number of nitrogens with zero attached hydrogens (tertiary/aromatic N) is 4. The van der Waals surface area contributed by atoms with Gasteiger partial charge >= 0.3 is 0 Å². The van der Waals surface area contributed by atoms with Gasteiger partial charge in [0, 0.05) is 40.5 Å². The Balaban J connectivity index is 1.12. The second-order valence-electron chi connectivity index (χ2n) is 19.3. The summed E-state index contributed by atoms with van der Waals surface area (Å²) in [7, 11) is 0. The van der Waals surface area contributed by atoms with E-state index in [0.717, 1.165) is 55.9 Å². The molecule has 0 radical (unpaired) electrons. The summed E-state index contributed by atoms with van der Waals surface area (Å²) in [5.74, 6) is 2.08. The van der Waals surface area contributed by atoms with Gasteiger partial charge in [-0.3, -0.25) is 4.57 Å². The van der Waals surface area contributed by atoms with Gasteiger partial charge in [-0.1, -0.05) is 105 Å². The third-order valence-corrected chi connectivity index (χ3v) is 11.9. The van der Waals surface area contributed by atoms with E-state index in [0.29, 0.717) is 6.67 Å². The van der Waals surface area contributed by atoms with Gasteiger partial charge in [0.05, 0.1) is 22.4 Å². The predicted octanol–water partition coefficient (Wildman–Crippen LogP) is 14.9. The first-order valence-corrected chi connectivity index (χ1v) is 20.9. The minimum Gasteiger partial charge on any atom is -0.457 e. The molecule has 0 saturated heterocycles. The highest BCUT2D eigenvalue weighted by atomic mass is 19.1. The van der Waals surface area contributed by atoms with E-state index in [1.807, 2.05) is 30.5 Å². The lowest BCUT2D eigenvalue weighted by molar-refractivity contribution is 0.483. The van der Waals surface area contributed by atoms with Crippen molar-refractivity contribution in [2.24, 2.45) is 0 Å². The Morgan fingerprint density at radius 2 is 1.13 bits per heavy atom. The Morgan fingerprint density at radius 1 is 0.500 bits per heavy atom. The normalized spacial score (nSPS) is 13.4. The molecule has 0 saturated carbocycles. The highest BCUT2D eigenvalue weighted by Crippen LogP contribution is 2.47. The van der Waals surface area contributed by atoms with E-state index < -0.39 is 0 Å². The Kier molecular flexibility index (Phi) is 9.38. The second-order valence-corrected chi connectivity index (χ2v) is 19.3. The molecule has 6 aromatic carbocycles. The molecular formula is C54H53FN4O. The van der Waals surface area contributed by atoms with Gasteiger partial charge in [0.25, 0.3) is 0 Å². The summed E-state index contributed by atoms with van der Waals surface area (Å²) >= 11 is 0. The van der Waals surface area contributed by atoms with Crippen molar-refractivity contribution >= 4 is 44.6 Å². The maximum Gasteiger partial charge on any atom is 0.137 e. The number of hydrogen-bond donors (Lipinski definition) is 0. The maximum atomic E-state index is 13.9. The quantitative estimate of drug-likeness (QED) is 0.168. The van der Waals surface area contributed by atoms with Gasteiger partial charge in [-0.25, -0.2) is 9.37 Å². The third-order valence-electron chi connectivity index (χ3n) is 11.9. The zero-order chi connectivity index (χ0) is 42.1. The predicted molar refractivity (Wildman–Crippen MR) is 249 cm³/mol. The Bertz CT molecular complexity index is 2910.